The number of carbonyl (C=O) groups excluding carboxylic acids is 1. The maximum atomic E-state index is 11.3. The van der Waals surface area contributed by atoms with Crippen molar-refractivity contribution >= 4 is 5.97 Å². The highest BCUT2D eigenvalue weighted by atomic mass is 16.5. The number of esters is 1. The number of allylic oxidation sites excluding steroid dienone is 1. The lowest BCUT2D eigenvalue weighted by Gasteiger charge is -2.03. The van der Waals surface area contributed by atoms with E-state index in [1.165, 1.54) is 25.1 Å². The van der Waals surface area contributed by atoms with Crippen molar-refractivity contribution < 1.29 is 14.6 Å². The summed E-state index contributed by atoms with van der Waals surface area (Å²) in [4.78, 5) is 11.3. The third-order valence-electron chi connectivity index (χ3n) is 1.48. The van der Waals surface area contributed by atoms with Gasteiger partial charge in [-0.05, 0) is 6.92 Å². The number of aliphatic hydroxyl groups is 1. The highest BCUT2D eigenvalue weighted by Gasteiger charge is 2.20. The van der Waals surface area contributed by atoms with E-state index in [0.29, 0.717) is 6.26 Å². The first-order valence-electron chi connectivity index (χ1n) is 4.12. The third-order valence-corrected chi connectivity index (χ3v) is 1.48. The highest BCUT2D eigenvalue weighted by molar-refractivity contribution is 5.95. The van der Waals surface area contributed by atoms with Gasteiger partial charge in [0.2, 0.25) is 0 Å². The van der Waals surface area contributed by atoms with Gasteiger partial charge in [-0.25, -0.2) is 4.79 Å². The Kier molecular flexibility index (Phi) is 5.49. The van der Waals surface area contributed by atoms with Crippen LogP contribution in [0.1, 0.15) is 6.92 Å². The average molecular weight is 217 g/mol. The first kappa shape index (κ1) is 13.2. The molecule has 0 amide bonds. The van der Waals surface area contributed by atoms with Crippen LogP contribution in [0.2, 0.25) is 0 Å². The Morgan fingerprint density at radius 2 is 1.88 bits per heavy atom. The molecule has 0 aliphatic carbocycles. The Bertz CT molecular complexity index is 453. The van der Waals surface area contributed by atoms with Crippen LogP contribution in [0.5, 0.6) is 0 Å². The van der Waals surface area contributed by atoms with E-state index >= 15 is 0 Å². The molecule has 0 aromatic heterocycles. The van der Waals surface area contributed by atoms with Gasteiger partial charge in [0, 0.05) is 0 Å². The van der Waals surface area contributed by atoms with E-state index < -0.39 is 22.7 Å². The van der Waals surface area contributed by atoms with Crippen molar-refractivity contribution in [3.8, 4) is 18.2 Å². The fraction of sp³-hybridized carbons (Fsp3) is 0.200. The summed E-state index contributed by atoms with van der Waals surface area (Å²) in [7, 11) is 0. The number of rotatable bonds is 3. The summed E-state index contributed by atoms with van der Waals surface area (Å²) in [5.41, 5.74) is -1.58. The standard InChI is InChI=1S/C10H7N3O3/c1-2-16-10(15)9(6-14)8(5-13)7(3-11)4-12/h6,14H,2H2,1H3/b9-6-. The fourth-order valence-electron chi connectivity index (χ4n) is 0.816. The Morgan fingerprint density at radius 3 is 2.19 bits per heavy atom. The minimum absolute atomic E-state index is 0.0450. The summed E-state index contributed by atoms with van der Waals surface area (Å²) in [5, 5.41) is 34.6. The maximum absolute atomic E-state index is 11.3. The molecule has 0 fully saturated rings. The molecule has 0 atom stereocenters. The van der Waals surface area contributed by atoms with E-state index in [1.54, 1.807) is 0 Å². The van der Waals surface area contributed by atoms with Gasteiger partial charge in [-0.3, -0.25) is 0 Å². The van der Waals surface area contributed by atoms with E-state index in [9.17, 15) is 4.79 Å². The minimum atomic E-state index is -0.968. The summed E-state index contributed by atoms with van der Waals surface area (Å²) in [5.74, 6) is -0.968. The molecule has 0 aliphatic heterocycles. The molecule has 0 aromatic carbocycles. The van der Waals surface area contributed by atoms with Gasteiger partial charge in [0.25, 0.3) is 0 Å². The van der Waals surface area contributed by atoms with Crippen LogP contribution in [0.25, 0.3) is 0 Å². The number of hydrogen-bond acceptors (Lipinski definition) is 6. The molecule has 0 saturated carbocycles. The first-order chi connectivity index (χ1) is 7.65. The predicted octanol–water partition coefficient (Wildman–Crippen LogP) is 0.859. The summed E-state index contributed by atoms with van der Waals surface area (Å²) in [6, 6.07) is 4.40. The number of aliphatic hydroxyl groups excluding tert-OH is 1. The lowest BCUT2D eigenvalue weighted by atomic mass is 10.0. The zero-order chi connectivity index (χ0) is 12.6. The number of carbonyl (C=O) groups is 1. The Hall–Kier alpha value is -2.78. The van der Waals surface area contributed by atoms with E-state index in [4.69, 9.17) is 20.9 Å². The highest BCUT2D eigenvalue weighted by Crippen LogP contribution is 2.15. The molecule has 16 heavy (non-hydrogen) atoms. The van der Waals surface area contributed by atoms with E-state index in [0.717, 1.165) is 0 Å². The van der Waals surface area contributed by atoms with E-state index in [2.05, 4.69) is 4.74 Å². The number of nitriles is 3. The molecule has 0 bridgehead atoms. The molecule has 6 heteroatoms. The third kappa shape index (κ3) is 2.87. The van der Waals surface area contributed by atoms with Gasteiger partial charge in [-0.15, -0.1) is 0 Å². The zero-order valence-electron chi connectivity index (χ0n) is 8.39. The van der Waals surface area contributed by atoms with Gasteiger partial charge in [0.1, 0.15) is 29.4 Å². The Morgan fingerprint density at radius 1 is 1.31 bits per heavy atom. The smallest absolute Gasteiger partial charge is 0.342 e. The van der Waals surface area contributed by atoms with Gasteiger partial charge in [-0.2, -0.15) is 15.8 Å². The molecule has 0 saturated heterocycles. The van der Waals surface area contributed by atoms with Crippen molar-refractivity contribution in [2.45, 2.75) is 6.92 Å². The maximum Gasteiger partial charge on any atom is 0.342 e. The summed E-state index contributed by atoms with van der Waals surface area (Å²) < 4.78 is 4.55. The second-order valence-electron chi connectivity index (χ2n) is 2.35. The largest absolute Gasteiger partial charge is 0.515 e. The van der Waals surface area contributed by atoms with Crippen molar-refractivity contribution in [3.63, 3.8) is 0 Å². The molecule has 6 nitrogen and oxygen atoms in total. The quantitative estimate of drug-likeness (QED) is 0.246. The van der Waals surface area contributed by atoms with E-state index in [1.807, 2.05) is 0 Å². The molecule has 0 spiro atoms. The molecule has 0 heterocycles. The van der Waals surface area contributed by atoms with Gasteiger partial charge < -0.3 is 9.84 Å². The molecule has 80 valence electrons. The van der Waals surface area contributed by atoms with Crippen LogP contribution in [0.3, 0.4) is 0 Å². The molecule has 0 aliphatic rings. The van der Waals surface area contributed by atoms with Crippen molar-refractivity contribution in [3.05, 3.63) is 23.0 Å². The average Bonchev–Trinajstić information content (AvgIpc) is 2.29. The van der Waals surface area contributed by atoms with Crippen LogP contribution in [0.4, 0.5) is 0 Å². The van der Waals surface area contributed by atoms with Crippen molar-refractivity contribution in [2.75, 3.05) is 6.61 Å². The van der Waals surface area contributed by atoms with Crippen LogP contribution in [0.15, 0.2) is 23.0 Å². The summed E-state index contributed by atoms with van der Waals surface area (Å²) >= 11 is 0. The molecular formula is C10H7N3O3. The number of hydrogen-bond donors (Lipinski definition) is 1. The van der Waals surface area contributed by atoms with Gasteiger partial charge in [0.15, 0.2) is 0 Å². The fourth-order valence-corrected chi connectivity index (χ4v) is 0.816. The van der Waals surface area contributed by atoms with Crippen molar-refractivity contribution in [1.29, 1.82) is 15.8 Å². The van der Waals surface area contributed by atoms with Crippen LogP contribution >= 0.6 is 0 Å². The minimum Gasteiger partial charge on any atom is -0.515 e. The van der Waals surface area contributed by atoms with Gasteiger partial charge in [0.05, 0.1) is 18.4 Å². The molecule has 0 radical (unpaired) electrons. The second kappa shape index (κ2) is 6.64. The molecule has 1 N–H and O–H groups in total. The molecule has 0 aromatic rings. The number of ether oxygens (including phenoxy) is 1. The number of nitrogens with zero attached hydrogens (tertiary/aromatic N) is 3. The topological polar surface area (TPSA) is 118 Å². The lowest BCUT2D eigenvalue weighted by Crippen LogP contribution is -2.10. The summed E-state index contributed by atoms with van der Waals surface area (Å²) in [6.45, 7) is 1.58. The molecular weight excluding hydrogens is 210 g/mol. The lowest BCUT2D eigenvalue weighted by molar-refractivity contribution is -0.138. The van der Waals surface area contributed by atoms with Crippen molar-refractivity contribution in [2.24, 2.45) is 0 Å². The van der Waals surface area contributed by atoms with Crippen LogP contribution in [-0.2, 0) is 9.53 Å². The normalized spacial score (nSPS) is 9.25. The summed E-state index contributed by atoms with van der Waals surface area (Å²) in [6.07, 6.45) is 0.339. The second-order valence-corrected chi connectivity index (χ2v) is 2.35. The first-order valence-corrected chi connectivity index (χ1v) is 4.12. The van der Waals surface area contributed by atoms with Crippen LogP contribution in [0, 0.1) is 34.0 Å². The SMILES string of the molecule is CCOC(=O)/C(=C\O)C(C#N)=C(C#N)C#N. The van der Waals surface area contributed by atoms with Crippen LogP contribution in [-0.4, -0.2) is 17.7 Å². The zero-order valence-corrected chi connectivity index (χ0v) is 8.39. The van der Waals surface area contributed by atoms with Gasteiger partial charge >= 0.3 is 5.97 Å². The Balaban J connectivity index is 5.54. The molecule has 0 unspecified atom stereocenters. The molecule has 0 rings (SSSR count). The predicted molar refractivity (Wildman–Crippen MR) is 51.2 cm³/mol. The van der Waals surface area contributed by atoms with E-state index in [-0.39, 0.29) is 6.61 Å². The van der Waals surface area contributed by atoms with Gasteiger partial charge in [-0.1, -0.05) is 0 Å². The Labute approximate surface area is 91.9 Å². The van der Waals surface area contributed by atoms with Crippen LogP contribution < -0.4 is 0 Å². The monoisotopic (exact) mass is 217 g/mol. The van der Waals surface area contributed by atoms with Crippen molar-refractivity contribution in [1.82, 2.24) is 0 Å².